The molecular weight excluding hydrogens is 609 g/mol. The zero-order chi connectivity index (χ0) is 32.1. The lowest BCUT2D eigenvalue weighted by Gasteiger charge is -2.34. The van der Waals surface area contributed by atoms with Crippen molar-refractivity contribution in [2.24, 2.45) is 5.92 Å². The second-order valence-corrected chi connectivity index (χ2v) is 14.0. The molecule has 1 N–H and O–H groups in total. The fourth-order valence-electron chi connectivity index (χ4n) is 6.15. The standard InChI is InChI=1S/C34H40FN5O5S/c1-44-22-25-15-17-39(18-16-25)30-21-29(34(41)38-46(42,43)20-6-19-45-23-24-7-3-2-4-8-24)36-33-31(30)32(26-9-5-10-26)37-40(33)28-13-11-27(35)12-14-28/h2-4,7-8,11-14,21,25-26H,5-6,9-10,15-20,22-23H2,1H3,(H,38,41). The Bertz CT molecular complexity index is 1750. The number of rotatable bonds is 13. The molecule has 244 valence electrons. The van der Waals surface area contributed by atoms with Gasteiger partial charge in [0.15, 0.2) is 5.65 Å². The van der Waals surface area contributed by atoms with E-state index in [-0.39, 0.29) is 36.2 Å². The maximum atomic E-state index is 13.9. The van der Waals surface area contributed by atoms with Crippen LogP contribution < -0.4 is 9.62 Å². The Morgan fingerprint density at radius 1 is 1.04 bits per heavy atom. The third-order valence-electron chi connectivity index (χ3n) is 8.86. The lowest BCUT2D eigenvalue weighted by atomic mass is 9.82. The summed E-state index contributed by atoms with van der Waals surface area (Å²) < 4.78 is 54.7. The number of nitrogens with one attached hydrogen (secondary N) is 1. The van der Waals surface area contributed by atoms with E-state index in [1.54, 1.807) is 30.0 Å². The van der Waals surface area contributed by atoms with Gasteiger partial charge in [-0.05, 0) is 73.9 Å². The first kappa shape index (κ1) is 32.1. The van der Waals surface area contributed by atoms with Crippen LogP contribution in [-0.4, -0.2) is 68.3 Å². The van der Waals surface area contributed by atoms with Crippen molar-refractivity contribution < 1.29 is 27.1 Å². The number of aromatic nitrogens is 3. The van der Waals surface area contributed by atoms with Crippen LogP contribution in [0.2, 0.25) is 0 Å². The van der Waals surface area contributed by atoms with Crippen LogP contribution in [0.1, 0.15) is 66.2 Å². The zero-order valence-electron chi connectivity index (χ0n) is 26.0. The molecule has 1 saturated heterocycles. The summed E-state index contributed by atoms with van der Waals surface area (Å²) in [7, 11) is -2.25. The lowest BCUT2D eigenvalue weighted by Crippen LogP contribution is -2.36. The number of sulfonamides is 1. The topological polar surface area (TPSA) is 116 Å². The lowest BCUT2D eigenvalue weighted by molar-refractivity contribution is 0.0976. The smallest absolute Gasteiger partial charge is 0.283 e. The molecule has 2 aromatic carbocycles. The SMILES string of the molecule is COCC1CCN(c2cc(C(=O)NS(=O)(=O)CCCOCc3ccccc3)nc3c2c(C2CCC2)nn3-c2ccc(F)cc2)CC1. The van der Waals surface area contributed by atoms with E-state index in [1.165, 1.54) is 12.1 Å². The molecule has 1 aliphatic heterocycles. The second kappa shape index (κ2) is 14.3. The number of anilines is 1. The number of carbonyl (C=O) groups is 1. The maximum Gasteiger partial charge on any atom is 0.283 e. The Hall–Kier alpha value is -3.87. The number of amides is 1. The van der Waals surface area contributed by atoms with Gasteiger partial charge in [-0.3, -0.25) is 4.79 Å². The molecule has 2 aromatic heterocycles. The summed E-state index contributed by atoms with van der Waals surface area (Å²) in [6, 6.07) is 17.3. The van der Waals surface area contributed by atoms with Gasteiger partial charge in [0, 0.05) is 39.3 Å². The van der Waals surface area contributed by atoms with Crippen molar-refractivity contribution in [2.45, 2.75) is 51.0 Å². The molecule has 0 atom stereocenters. The van der Waals surface area contributed by atoms with Crippen LogP contribution in [0.4, 0.5) is 10.1 Å². The van der Waals surface area contributed by atoms with Gasteiger partial charge < -0.3 is 14.4 Å². The number of fused-ring (bicyclic) bond motifs is 1. The van der Waals surface area contributed by atoms with Crippen LogP contribution >= 0.6 is 0 Å². The minimum absolute atomic E-state index is 0.0196. The summed E-state index contributed by atoms with van der Waals surface area (Å²) in [6.07, 6.45) is 5.18. The molecule has 1 amide bonds. The second-order valence-electron chi connectivity index (χ2n) is 12.2. The minimum atomic E-state index is -3.96. The number of benzene rings is 2. The molecule has 0 bridgehead atoms. The third-order valence-corrected chi connectivity index (χ3v) is 10.2. The summed E-state index contributed by atoms with van der Waals surface area (Å²) in [4.78, 5) is 20.5. The van der Waals surface area contributed by atoms with Crippen molar-refractivity contribution in [1.82, 2.24) is 19.5 Å². The van der Waals surface area contributed by atoms with Crippen LogP contribution in [0.5, 0.6) is 0 Å². The Labute approximate surface area is 269 Å². The van der Waals surface area contributed by atoms with E-state index >= 15 is 0 Å². The summed E-state index contributed by atoms with van der Waals surface area (Å²) in [6.45, 7) is 2.81. The molecule has 3 heterocycles. The number of carbonyl (C=O) groups excluding carboxylic acids is 1. The first-order chi connectivity index (χ1) is 22.3. The Morgan fingerprint density at radius 2 is 1.78 bits per heavy atom. The molecule has 2 fully saturated rings. The number of piperidine rings is 1. The molecule has 2 aliphatic rings. The average molecular weight is 650 g/mol. The zero-order valence-corrected chi connectivity index (χ0v) is 26.8. The minimum Gasteiger partial charge on any atom is -0.384 e. The molecule has 4 aromatic rings. The number of halogens is 1. The van der Waals surface area contributed by atoms with Gasteiger partial charge in [-0.2, -0.15) is 5.10 Å². The van der Waals surface area contributed by atoms with E-state index in [1.807, 2.05) is 30.3 Å². The number of methoxy groups -OCH3 is 1. The predicted octanol–water partition coefficient (Wildman–Crippen LogP) is 5.36. The van der Waals surface area contributed by atoms with Crippen molar-refractivity contribution in [3.8, 4) is 5.69 Å². The van der Waals surface area contributed by atoms with Crippen molar-refractivity contribution in [3.05, 3.63) is 83.4 Å². The third kappa shape index (κ3) is 7.40. The number of hydrogen-bond donors (Lipinski definition) is 1. The van der Waals surface area contributed by atoms with Gasteiger partial charge in [0.25, 0.3) is 5.91 Å². The highest BCUT2D eigenvalue weighted by Crippen LogP contribution is 2.43. The quantitative estimate of drug-likeness (QED) is 0.193. The van der Waals surface area contributed by atoms with E-state index in [0.29, 0.717) is 30.5 Å². The van der Waals surface area contributed by atoms with Gasteiger partial charge in [0.1, 0.15) is 11.5 Å². The van der Waals surface area contributed by atoms with E-state index < -0.39 is 15.9 Å². The molecule has 6 rings (SSSR count). The molecular formula is C34H40FN5O5S. The molecule has 1 saturated carbocycles. The van der Waals surface area contributed by atoms with Crippen molar-refractivity contribution in [1.29, 1.82) is 0 Å². The first-order valence-electron chi connectivity index (χ1n) is 15.9. The van der Waals surface area contributed by atoms with E-state index in [9.17, 15) is 17.6 Å². The van der Waals surface area contributed by atoms with E-state index in [4.69, 9.17) is 19.6 Å². The van der Waals surface area contributed by atoms with Crippen molar-refractivity contribution in [3.63, 3.8) is 0 Å². The van der Waals surface area contributed by atoms with Crippen molar-refractivity contribution in [2.75, 3.05) is 44.1 Å². The van der Waals surface area contributed by atoms with Gasteiger partial charge in [0.2, 0.25) is 10.0 Å². The van der Waals surface area contributed by atoms with E-state index in [2.05, 4.69) is 9.62 Å². The highest BCUT2D eigenvalue weighted by molar-refractivity contribution is 7.90. The largest absolute Gasteiger partial charge is 0.384 e. The van der Waals surface area contributed by atoms with E-state index in [0.717, 1.165) is 67.5 Å². The Balaban J connectivity index is 1.28. The fourth-order valence-corrected chi connectivity index (χ4v) is 7.14. The molecule has 0 unspecified atom stereocenters. The van der Waals surface area contributed by atoms with Crippen LogP contribution in [0.15, 0.2) is 60.7 Å². The van der Waals surface area contributed by atoms with Crippen LogP contribution in [0.3, 0.4) is 0 Å². The monoisotopic (exact) mass is 649 g/mol. The number of nitrogens with zero attached hydrogens (tertiary/aromatic N) is 4. The molecule has 1 aliphatic carbocycles. The number of ether oxygens (including phenoxy) is 2. The maximum absolute atomic E-state index is 13.9. The normalized spacial score (nSPS) is 16.1. The summed E-state index contributed by atoms with van der Waals surface area (Å²) in [5, 5.41) is 5.84. The first-order valence-corrected chi connectivity index (χ1v) is 17.6. The fraction of sp³-hybridized carbons (Fsp3) is 0.441. The average Bonchev–Trinajstić information content (AvgIpc) is 3.39. The molecule has 0 spiro atoms. The Kier molecular flexibility index (Phi) is 9.95. The highest BCUT2D eigenvalue weighted by Gasteiger charge is 2.32. The van der Waals surface area contributed by atoms with Gasteiger partial charge in [-0.1, -0.05) is 36.8 Å². The van der Waals surface area contributed by atoms with Gasteiger partial charge in [0.05, 0.1) is 34.8 Å². The van der Waals surface area contributed by atoms with Crippen LogP contribution in [0, 0.1) is 11.7 Å². The predicted molar refractivity (Wildman–Crippen MR) is 174 cm³/mol. The molecule has 0 radical (unpaired) electrons. The van der Waals surface area contributed by atoms with Crippen LogP contribution in [0.25, 0.3) is 16.7 Å². The highest BCUT2D eigenvalue weighted by atomic mass is 32.2. The summed E-state index contributed by atoms with van der Waals surface area (Å²) in [5.74, 6) is -0.756. The molecule has 10 nitrogen and oxygen atoms in total. The summed E-state index contributed by atoms with van der Waals surface area (Å²) in [5.41, 5.74) is 3.75. The number of hydrogen-bond acceptors (Lipinski definition) is 8. The van der Waals surface area contributed by atoms with Gasteiger partial charge >= 0.3 is 0 Å². The Morgan fingerprint density at radius 3 is 2.46 bits per heavy atom. The van der Waals surface area contributed by atoms with Crippen molar-refractivity contribution >= 4 is 32.7 Å². The van der Waals surface area contributed by atoms with Crippen LogP contribution in [-0.2, 0) is 26.1 Å². The summed E-state index contributed by atoms with van der Waals surface area (Å²) >= 11 is 0. The molecule has 46 heavy (non-hydrogen) atoms. The van der Waals surface area contributed by atoms with Gasteiger partial charge in [-0.15, -0.1) is 0 Å². The molecule has 12 heteroatoms. The van der Waals surface area contributed by atoms with Gasteiger partial charge in [-0.25, -0.2) is 27.2 Å². The number of pyridine rings is 1.